The van der Waals surface area contributed by atoms with Gasteiger partial charge in [0.2, 0.25) is 11.6 Å². The first kappa shape index (κ1) is 20.7. The van der Waals surface area contributed by atoms with Crippen LogP contribution in [0.15, 0.2) is 24.3 Å². The van der Waals surface area contributed by atoms with Gasteiger partial charge >= 0.3 is 5.97 Å². The van der Waals surface area contributed by atoms with E-state index in [2.05, 4.69) is 10.3 Å². The molecule has 1 aromatic carbocycles. The highest BCUT2D eigenvalue weighted by Gasteiger charge is 2.38. The molecule has 162 valence electrons. The molecule has 0 amide bonds. The zero-order valence-corrected chi connectivity index (χ0v) is 17.9. The van der Waals surface area contributed by atoms with E-state index in [1.54, 1.807) is 18.7 Å². The zero-order chi connectivity index (χ0) is 21.0. The zero-order valence-electron chi connectivity index (χ0n) is 17.9. The molecule has 1 aromatic heterocycles. The lowest BCUT2D eigenvalue weighted by Crippen LogP contribution is -2.31. The number of carbonyl (C=O) groups excluding carboxylic acids is 1. The Bertz CT molecular complexity index is 846. The highest BCUT2D eigenvalue weighted by atomic mass is 16.5. The summed E-state index contributed by atoms with van der Waals surface area (Å²) in [6.07, 6.45) is 9.92. The van der Waals surface area contributed by atoms with Gasteiger partial charge in [-0.3, -0.25) is 0 Å². The van der Waals surface area contributed by atoms with Crippen LogP contribution >= 0.6 is 0 Å². The summed E-state index contributed by atoms with van der Waals surface area (Å²) < 4.78 is 18.4. The second kappa shape index (κ2) is 9.06. The van der Waals surface area contributed by atoms with Crippen LogP contribution in [0.4, 0.5) is 0 Å². The third-order valence-electron chi connectivity index (χ3n) is 6.59. The lowest BCUT2D eigenvalue weighted by molar-refractivity contribution is 0.0492. The Hall–Kier alpha value is -2.57. The SMILES string of the molecule is CCOC(=O)c1nnn(Cc2ccc(OC)cc2)c1OC1CCC2(CCCC2)CC1. The molecule has 1 spiro atoms. The summed E-state index contributed by atoms with van der Waals surface area (Å²) in [5.41, 5.74) is 1.71. The maximum atomic E-state index is 12.4. The van der Waals surface area contributed by atoms with Gasteiger partial charge in [-0.25, -0.2) is 9.48 Å². The van der Waals surface area contributed by atoms with Crippen LogP contribution in [0.25, 0.3) is 0 Å². The molecule has 0 bridgehead atoms. The smallest absolute Gasteiger partial charge is 0.364 e. The Morgan fingerprint density at radius 2 is 1.83 bits per heavy atom. The number of nitrogens with zero attached hydrogens (tertiary/aromatic N) is 3. The van der Waals surface area contributed by atoms with Crippen LogP contribution in [0.1, 0.15) is 74.3 Å². The molecule has 2 aliphatic rings. The molecule has 2 aliphatic carbocycles. The van der Waals surface area contributed by atoms with E-state index in [0.29, 0.717) is 17.8 Å². The summed E-state index contributed by atoms with van der Waals surface area (Å²) in [5, 5.41) is 8.29. The standard InChI is InChI=1S/C23H31N3O4/c1-3-29-22(27)20-21(30-19-10-14-23(15-11-19)12-4-5-13-23)26(25-24-20)16-17-6-8-18(28-2)9-7-17/h6-9,19H,3-5,10-16H2,1-2H3. The lowest BCUT2D eigenvalue weighted by Gasteiger charge is -2.37. The summed E-state index contributed by atoms with van der Waals surface area (Å²) >= 11 is 0. The van der Waals surface area contributed by atoms with Crippen molar-refractivity contribution in [2.45, 2.75) is 70.9 Å². The number of ether oxygens (including phenoxy) is 3. The normalized spacial score (nSPS) is 18.5. The van der Waals surface area contributed by atoms with Gasteiger partial charge in [0.05, 0.1) is 20.3 Å². The molecule has 30 heavy (non-hydrogen) atoms. The van der Waals surface area contributed by atoms with Crippen LogP contribution in [0, 0.1) is 5.41 Å². The molecule has 2 saturated carbocycles. The minimum absolute atomic E-state index is 0.0810. The van der Waals surface area contributed by atoms with Crippen molar-refractivity contribution in [3.05, 3.63) is 35.5 Å². The topological polar surface area (TPSA) is 75.5 Å². The number of methoxy groups -OCH3 is 1. The molecule has 2 aromatic rings. The first-order valence-corrected chi connectivity index (χ1v) is 11.0. The average molecular weight is 414 g/mol. The van der Waals surface area contributed by atoms with E-state index >= 15 is 0 Å². The molecule has 0 atom stereocenters. The summed E-state index contributed by atoms with van der Waals surface area (Å²) in [6.45, 7) is 2.53. The molecule has 0 N–H and O–H groups in total. The summed E-state index contributed by atoms with van der Waals surface area (Å²) in [6, 6.07) is 7.75. The Kier molecular flexibility index (Phi) is 6.25. The maximum absolute atomic E-state index is 12.4. The van der Waals surface area contributed by atoms with Crippen molar-refractivity contribution in [2.75, 3.05) is 13.7 Å². The van der Waals surface area contributed by atoms with Crippen LogP contribution in [-0.4, -0.2) is 40.8 Å². The van der Waals surface area contributed by atoms with Gasteiger partial charge in [0.15, 0.2) is 0 Å². The Morgan fingerprint density at radius 1 is 1.13 bits per heavy atom. The fraction of sp³-hybridized carbons (Fsp3) is 0.609. The number of rotatable bonds is 7. The Morgan fingerprint density at radius 3 is 2.47 bits per heavy atom. The molecule has 7 heteroatoms. The molecule has 2 fully saturated rings. The average Bonchev–Trinajstić information content (AvgIpc) is 3.38. The minimum atomic E-state index is -0.489. The monoisotopic (exact) mass is 413 g/mol. The lowest BCUT2D eigenvalue weighted by atomic mass is 9.72. The molecule has 1 heterocycles. The first-order chi connectivity index (χ1) is 14.6. The van der Waals surface area contributed by atoms with Gasteiger partial charge in [-0.15, -0.1) is 5.10 Å². The van der Waals surface area contributed by atoms with E-state index < -0.39 is 5.97 Å². The molecule has 0 unspecified atom stereocenters. The third kappa shape index (κ3) is 4.45. The van der Waals surface area contributed by atoms with Gasteiger partial charge in [-0.1, -0.05) is 30.2 Å². The fourth-order valence-corrected chi connectivity index (χ4v) is 4.86. The summed E-state index contributed by atoms with van der Waals surface area (Å²) in [5.74, 6) is 0.720. The van der Waals surface area contributed by atoms with E-state index in [1.165, 1.54) is 38.5 Å². The highest BCUT2D eigenvalue weighted by molar-refractivity contribution is 5.89. The number of hydrogen-bond acceptors (Lipinski definition) is 6. The summed E-state index contributed by atoms with van der Waals surface area (Å²) in [7, 11) is 1.64. The number of benzene rings is 1. The number of hydrogen-bond donors (Lipinski definition) is 0. The van der Waals surface area contributed by atoms with Crippen LogP contribution in [-0.2, 0) is 11.3 Å². The van der Waals surface area contributed by atoms with E-state index in [1.807, 2.05) is 24.3 Å². The van der Waals surface area contributed by atoms with Crippen LogP contribution in [0.2, 0.25) is 0 Å². The van der Waals surface area contributed by atoms with E-state index in [4.69, 9.17) is 14.2 Å². The van der Waals surface area contributed by atoms with Gasteiger partial charge in [0.25, 0.3) is 0 Å². The van der Waals surface area contributed by atoms with Gasteiger partial charge in [-0.05, 0) is 68.6 Å². The van der Waals surface area contributed by atoms with Crippen molar-refractivity contribution in [1.82, 2.24) is 15.0 Å². The fourth-order valence-electron chi connectivity index (χ4n) is 4.86. The molecular weight excluding hydrogens is 382 g/mol. The molecule has 7 nitrogen and oxygen atoms in total. The van der Waals surface area contributed by atoms with Crippen molar-refractivity contribution < 1.29 is 19.0 Å². The Balaban J connectivity index is 1.51. The van der Waals surface area contributed by atoms with Gasteiger partial charge in [0.1, 0.15) is 11.9 Å². The van der Waals surface area contributed by atoms with E-state index in [-0.39, 0.29) is 18.4 Å². The largest absolute Gasteiger partial charge is 0.497 e. The molecule has 4 rings (SSSR count). The number of esters is 1. The van der Waals surface area contributed by atoms with Crippen molar-refractivity contribution in [1.29, 1.82) is 0 Å². The van der Waals surface area contributed by atoms with Crippen molar-refractivity contribution in [3.8, 4) is 11.6 Å². The number of carbonyl (C=O) groups is 1. The minimum Gasteiger partial charge on any atom is -0.497 e. The number of aromatic nitrogens is 3. The molecular formula is C23H31N3O4. The van der Waals surface area contributed by atoms with Crippen molar-refractivity contribution >= 4 is 5.97 Å². The summed E-state index contributed by atoms with van der Waals surface area (Å²) in [4.78, 5) is 12.4. The second-order valence-corrected chi connectivity index (χ2v) is 8.49. The van der Waals surface area contributed by atoms with Crippen molar-refractivity contribution in [2.24, 2.45) is 5.41 Å². The van der Waals surface area contributed by atoms with E-state index in [9.17, 15) is 4.79 Å². The van der Waals surface area contributed by atoms with Gasteiger partial charge in [-0.2, -0.15) is 0 Å². The molecule has 0 radical (unpaired) electrons. The van der Waals surface area contributed by atoms with Gasteiger partial charge in [0, 0.05) is 0 Å². The highest BCUT2D eigenvalue weighted by Crippen LogP contribution is 2.49. The maximum Gasteiger partial charge on any atom is 0.364 e. The van der Waals surface area contributed by atoms with Gasteiger partial charge < -0.3 is 14.2 Å². The van der Waals surface area contributed by atoms with Crippen LogP contribution < -0.4 is 9.47 Å². The second-order valence-electron chi connectivity index (χ2n) is 8.49. The van der Waals surface area contributed by atoms with E-state index in [0.717, 1.165) is 24.2 Å². The van der Waals surface area contributed by atoms with Crippen molar-refractivity contribution in [3.63, 3.8) is 0 Å². The van der Waals surface area contributed by atoms with Crippen LogP contribution in [0.5, 0.6) is 11.6 Å². The third-order valence-corrected chi connectivity index (χ3v) is 6.59. The molecule has 0 saturated heterocycles. The molecule has 0 aliphatic heterocycles. The predicted octanol–water partition coefficient (Wildman–Crippen LogP) is 4.39. The van der Waals surface area contributed by atoms with Crippen LogP contribution in [0.3, 0.4) is 0 Å². The quantitative estimate of drug-likeness (QED) is 0.627. The Labute approximate surface area is 177 Å². The predicted molar refractivity (Wildman–Crippen MR) is 112 cm³/mol. The first-order valence-electron chi connectivity index (χ1n) is 11.0.